The first-order chi connectivity index (χ1) is 4.66. The summed E-state index contributed by atoms with van der Waals surface area (Å²) in [7, 11) is 0. The number of nitrogens with one attached hydrogen (secondary N) is 1. The van der Waals surface area contributed by atoms with Crippen LogP contribution < -0.4 is 0 Å². The maximum atomic E-state index is 9.84. The molecule has 0 amide bonds. The lowest BCUT2D eigenvalue weighted by molar-refractivity contribution is -0.463. The molecule has 0 bridgehead atoms. The van der Waals surface area contributed by atoms with Crippen molar-refractivity contribution < 1.29 is 4.92 Å². The molecule has 0 atom stereocenters. The predicted molar refractivity (Wildman–Crippen MR) is 39.1 cm³/mol. The largest absolute Gasteiger partial charge is 0.303 e. The standard InChI is InChI=1S/C6H12N2O2/c1-2-3-4-6(7)5-8(9)10/h7H,2-5H2,1H3. The third kappa shape index (κ3) is 5.21. The van der Waals surface area contributed by atoms with Gasteiger partial charge in [-0.25, -0.2) is 0 Å². The zero-order valence-electron chi connectivity index (χ0n) is 6.09. The van der Waals surface area contributed by atoms with E-state index in [2.05, 4.69) is 0 Å². The van der Waals surface area contributed by atoms with Gasteiger partial charge in [0.1, 0.15) is 0 Å². The second-order valence-electron chi connectivity index (χ2n) is 2.20. The number of nitro groups is 1. The average molecular weight is 144 g/mol. The van der Waals surface area contributed by atoms with E-state index in [1.807, 2.05) is 6.92 Å². The molecule has 0 fully saturated rings. The first-order valence-corrected chi connectivity index (χ1v) is 3.35. The third-order valence-corrected chi connectivity index (χ3v) is 1.15. The van der Waals surface area contributed by atoms with Crippen LogP contribution in [0.3, 0.4) is 0 Å². The lowest BCUT2D eigenvalue weighted by atomic mass is 10.2. The van der Waals surface area contributed by atoms with Gasteiger partial charge in [0.15, 0.2) is 0 Å². The summed E-state index contributed by atoms with van der Waals surface area (Å²) in [5, 5.41) is 16.9. The van der Waals surface area contributed by atoms with Crippen LogP contribution in [0.2, 0.25) is 0 Å². The molecule has 0 aromatic rings. The topological polar surface area (TPSA) is 67.0 Å². The fraction of sp³-hybridized carbons (Fsp3) is 0.833. The Morgan fingerprint density at radius 2 is 2.30 bits per heavy atom. The average Bonchev–Trinajstić information content (AvgIpc) is 1.82. The molecular weight excluding hydrogens is 132 g/mol. The van der Waals surface area contributed by atoms with Crippen molar-refractivity contribution >= 4 is 5.71 Å². The minimum absolute atomic E-state index is 0.229. The van der Waals surface area contributed by atoms with E-state index in [1.165, 1.54) is 0 Å². The Bertz CT molecular complexity index is 134. The molecule has 0 aromatic carbocycles. The highest BCUT2D eigenvalue weighted by molar-refractivity contribution is 5.82. The fourth-order valence-corrected chi connectivity index (χ4v) is 0.625. The van der Waals surface area contributed by atoms with Gasteiger partial charge in [0.2, 0.25) is 6.54 Å². The SMILES string of the molecule is CCCCC(=N)C[N+](=O)[O-]. The van der Waals surface area contributed by atoms with Crippen LogP contribution >= 0.6 is 0 Å². The molecular formula is C6H12N2O2. The van der Waals surface area contributed by atoms with Gasteiger partial charge < -0.3 is 5.41 Å². The van der Waals surface area contributed by atoms with E-state index in [1.54, 1.807) is 0 Å². The maximum Gasteiger partial charge on any atom is 0.241 e. The van der Waals surface area contributed by atoms with Gasteiger partial charge >= 0.3 is 0 Å². The monoisotopic (exact) mass is 144 g/mol. The molecule has 0 aliphatic heterocycles. The summed E-state index contributed by atoms with van der Waals surface area (Å²) >= 11 is 0. The van der Waals surface area contributed by atoms with E-state index in [0.717, 1.165) is 12.8 Å². The maximum absolute atomic E-state index is 9.84. The highest BCUT2D eigenvalue weighted by Gasteiger charge is 2.02. The van der Waals surface area contributed by atoms with Crippen molar-refractivity contribution in [3.8, 4) is 0 Å². The smallest absolute Gasteiger partial charge is 0.241 e. The van der Waals surface area contributed by atoms with Crippen LogP contribution in [0.1, 0.15) is 26.2 Å². The number of rotatable bonds is 5. The van der Waals surface area contributed by atoms with Gasteiger partial charge in [0, 0.05) is 4.92 Å². The molecule has 0 saturated heterocycles. The minimum Gasteiger partial charge on any atom is -0.303 e. The van der Waals surface area contributed by atoms with Gasteiger partial charge in [0.05, 0.1) is 5.71 Å². The lowest BCUT2D eigenvalue weighted by Gasteiger charge is -1.95. The van der Waals surface area contributed by atoms with Gasteiger partial charge in [0.25, 0.3) is 0 Å². The second kappa shape index (κ2) is 4.90. The Morgan fingerprint density at radius 3 is 2.70 bits per heavy atom. The summed E-state index contributed by atoms with van der Waals surface area (Å²) in [6.45, 7) is 1.71. The number of nitrogens with zero attached hydrogens (tertiary/aromatic N) is 1. The van der Waals surface area contributed by atoms with Crippen LogP contribution in [0.4, 0.5) is 0 Å². The first-order valence-electron chi connectivity index (χ1n) is 3.35. The summed E-state index contributed by atoms with van der Waals surface area (Å²) in [5.41, 5.74) is 0.229. The van der Waals surface area contributed by atoms with E-state index in [4.69, 9.17) is 5.41 Å². The number of hydrogen-bond donors (Lipinski definition) is 1. The molecule has 4 heteroatoms. The Hall–Kier alpha value is -0.930. The summed E-state index contributed by atoms with van der Waals surface area (Å²) < 4.78 is 0. The van der Waals surface area contributed by atoms with Crippen LogP contribution in [-0.2, 0) is 0 Å². The Kier molecular flexibility index (Phi) is 4.45. The molecule has 0 saturated carbocycles. The van der Waals surface area contributed by atoms with Crippen molar-refractivity contribution in [2.45, 2.75) is 26.2 Å². The first kappa shape index (κ1) is 9.07. The normalized spacial score (nSPS) is 9.30. The van der Waals surface area contributed by atoms with Crippen LogP contribution in [0, 0.1) is 15.5 Å². The van der Waals surface area contributed by atoms with E-state index < -0.39 is 4.92 Å². The van der Waals surface area contributed by atoms with Crippen LogP contribution in [0.25, 0.3) is 0 Å². The Balaban J connectivity index is 3.35. The molecule has 0 aliphatic rings. The van der Waals surface area contributed by atoms with Crippen molar-refractivity contribution in [3.63, 3.8) is 0 Å². The van der Waals surface area contributed by atoms with Gasteiger partial charge in [-0.2, -0.15) is 0 Å². The summed E-state index contributed by atoms with van der Waals surface area (Å²) in [4.78, 5) is 9.38. The van der Waals surface area contributed by atoms with Crippen LogP contribution in [0.15, 0.2) is 0 Å². The molecule has 0 aliphatic carbocycles. The van der Waals surface area contributed by atoms with E-state index in [-0.39, 0.29) is 12.3 Å². The highest BCUT2D eigenvalue weighted by Crippen LogP contribution is 1.95. The molecule has 4 nitrogen and oxygen atoms in total. The summed E-state index contributed by atoms with van der Waals surface area (Å²) in [6.07, 6.45) is 2.43. The highest BCUT2D eigenvalue weighted by atomic mass is 16.6. The fourth-order valence-electron chi connectivity index (χ4n) is 0.625. The van der Waals surface area contributed by atoms with Crippen molar-refractivity contribution in [1.29, 1.82) is 5.41 Å². The lowest BCUT2D eigenvalue weighted by Crippen LogP contribution is -2.12. The van der Waals surface area contributed by atoms with Crippen molar-refractivity contribution in [1.82, 2.24) is 0 Å². The summed E-state index contributed by atoms with van der Waals surface area (Å²) in [6, 6.07) is 0. The Labute approximate surface area is 59.9 Å². The zero-order valence-corrected chi connectivity index (χ0v) is 6.09. The molecule has 0 aromatic heterocycles. The van der Waals surface area contributed by atoms with Gasteiger partial charge in [-0.05, 0) is 12.8 Å². The van der Waals surface area contributed by atoms with E-state index >= 15 is 0 Å². The van der Waals surface area contributed by atoms with Crippen LogP contribution in [-0.4, -0.2) is 17.2 Å². The predicted octanol–water partition coefficient (Wildman–Crippen LogP) is 1.47. The molecule has 0 unspecified atom stereocenters. The Morgan fingerprint density at radius 1 is 1.70 bits per heavy atom. The number of hydrogen-bond acceptors (Lipinski definition) is 3. The quantitative estimate of drug-likeness (QED) is 0.360. The molecule has 0 radical (unpaired) electrons. The molecule has 58 valence electrons. The third-order valence-electron chi connectivity index (χ3n) is 1.15. The van der Waals surface area contributed by atoms with Crippen molar-refractivity contribution in [2.75, 3.05) is 6.54 Å². The van der Waals surface area contributed by atoms with E-state index in [0.29, 0.717) is 6.42 Å². The van der Waals surface area contributed by atoms with Crippen molar-refractivity contribution in [3.05, 3.63) is 10.1 Å². The molecule has 0 spiro atoms. The molecule has 0 rings (SSSR count). The number of unbranched alkanes of at least 4 members (excludes halogenated alkanes) is 1. The molecule has 10 heavy (non-hydrogen) atoms. The van der Waals surface area contributed by atoms with Gasteiger partial charge in [-0.1, -0.05) is 13.3 Å². The second-order valence-corrected chi connectivity index (χ2v) is 2.20. The van der Waals surface area contributed by atoms with Gasteiger partial charge in [-0.3, -0.25) is 10.1 Å². The van der Waals surface area contributed by atoms with Gasteiger partial charge in [-0.15, -0.1) is 0 Å². The molecule has 1 N–H and O–H groups in total. The van der Waals surface area contributed by atoms with Crippen LogP contribution in [0.5, 0.6) is 0 Å². The molecule has 0 heterocycles. The summed E-state index contributed by atoms with van der Waals surface area (Å²) in [5.74, 6) is 0. The zero-order chi connectivity index (χ0) is 7.98. The van der Waals surface area contributed by atoms with Crippen molar-refractivity contribution in [2.24, 2.45) is 0 Å². The van der Waals surface area contributed by atoms with E-state index in [9.17, 15) is 10.1 Å². The minimum atomic E-state index is -0.460.